The van der Waals surface area contributed by atoms with Crippen molar-refractivity contribution in [2.24, 2.45) is 0 Å². The zero-order chi connectivity index (χ0) is 17.5. The third kappa shape index (κ3) is 5.61. The molecule has 0 aliphatic carbocycles. The Kier molecular flexibility index (Phi) is 8.16. The van der Waals surface area contributed by atoms with E-state index < -0.39 is 0 Å². The molecule has 0 spiro atoms. The molecule has 0 saturated heterocycles. The first-order valence-corrected chi connectivity index (χ1v) is 8.08. The summed E-state index contributed by atoms with van der Waals surface area (Å²) < 4.78 is 19.9. The molecule has 0 radical (unpaired) electrons. The molecule has 0 fully saturated rings. The van der Waals surface area contributed by atoms with Gasteiger partial charge in [-0.3, -0.25) is 0 Å². The second-order valence-corrected chi connectivity index (χ2v) is 5.85. The van der Waals surface area contributed by atoms with Crippen LogP contribution in [0.5, 0.6) is 5.75 Å². The normalized spacial score (nSPS) is 10.1. The van der Waals surface area contributed by atoms with Gasteiger partial charge in [-0.05, 0) is 62.1 Å². The molecular formula is C21H28FNO2. The van der Waals surface area contributed by atoms with Gasteiger partial charge in [0.05, 0.1) is 12.3 Å². The van der Waals surface area contributed by atoms with Crippen molar-refractivity contribution < 1.29 is 14.2 Å². The number of hydrogen-bond donors (Lipinski definition) is 2. The van der Waals surface area contributed by atoms with E-state index in [0.29, 0.717) is 24.5 Å². The molecule has 2 rings (SSSR count). The summed E-state index contributed by atoms with van der Waals surface area (Å²) in [6.45, 7) is 8.44. The first-order valence-electron chi connectivity index (χ1n) is 8.08. The first kappa shape index (κ1) is 20.7. The molecule has 0 saturated carbocycles. The minimum Gasteiger partial charge on any atom is -0.493 e. The summed E-state index contributed by atoms with van der Waals surface area (Å²) >= 11 is 0. The van der Waals surface area contributed by atoms with Gasteiger partial charge in [0.2, 0.25) is 0 Å². The maximum atomic E-state index is 14.1. The molecule has 2 aromatic rings. The van der Waals surface area contributed by atoms with Crippen LogP contribution in [0.25, 0.3) is 5.57 Å². The highest BCUT2D eigenvalue weighted by Gasteiger charge is 2.12. The summed E-state index contributed by atoms with van der Waals surface area (Å²) in [6.07, 6.45) is 1.48. The molecule has 0 aromatic heterocycles. The number of aryl methyl sites for hydroxylation is 1. The van der Waals surface area contributed by atoms with Crippen LogP contribution in [-0.4, -0.2) is 18.3 Å². The smallest absolute Gasteiger partial charge is 0.146 e. The maximum absolute atomic E-state index is 14.1. The zero-order valence-electron chi connectivity index (χ0n) is 14.2. The fourth-order valence-corrected chi connectivity index (χ4v) is 2.46. The molecule has 0 aliphatic heterocycles. The van der Waals surface area contributed by atoms with Crippen molar-refractivity contribution in [3.05, 3.63) is 59.9 Å². The van der Waals surface area contributed by atoms with Gasteiger partial charge in [-0.15, -0.1) is 0 Å². The number of halogens is 1. The van der Waals surface area contributed by atoms with Crippen molar-refractivity contribution >= 4 is 16.9 Å². The van der Waals surface area contributed by atoms with E-state index in [1.165, 1.54) is 6.07 Å². The molecule has 0 aliphatic rings. The van der Waals surface area contributed by atoms with Crippen molar-refractivity contribution in [2.45, 2.75) is 34.1 Å². The largest absolute Gasteiger partial charge is 0.493 e. The third-order valence-electron chi connectivity index (χ3n) is 3.66. The lowest BCUT2D eigenvalue weighted by Crippen LogP contribution is -2.03. The van der Waals surface area contributed by atoms with Crippen LogP contribution in [0, 0.1) is 12.7 Å². The van der Waals surface area contributed by atoms with Crippen LogP contribution in [0.1, 0.15) is 38.3 Å². The Balaban J connectivity index is 0.00000312. The van der Waals surface area contributed by atoms with Crippen LogP contribution in [0.15, 0.2) is 43.0 Å². The first-order chi connectivity index (χ1) is 11.5. The van der Waals surface area contributed by atoms with Crippen molar-refractivity contribution in [2.75, 3.05) is 18.5 Å². The zero-order valence-corrected chi connectivity index (χ0v) is 14.2. The summed E-state index contributed by atoms with van der Waals surface area (Å²) in [5.74, 6) is 0.412. The standard InChI is InChI=1S/C20H24FNO2.CH4/c1-14(2)20-18(22-17-10-9-15(3)13-16(17)21)7-6-8-19(20)24-12-5-4-11-23;/h6-10,13,22-23H,1,4-5,11-12H2,2-3H3;1H4. The van der Waals surface area contributed by atoms with E-state index in [-0.39, 0.29) is 19.9 Å². The van der Waals surface area contributed by atoms with Gasteiger partial charge in [0.25, 0.3) is 0 Å². The molecule has 4 heteroatoms. The summed E-state index contributed by atoms with van der Waals surface area (Å²) in [7, 11) is 0. The number of hydrogen-bond acceptors (Lipinski definition) is 3. The lowest BCUT2D eigenvalue weighted by Gasteiger charge is -2.17. The van der Waals surface area contributed by atoms with Gasteiger partial charge in [0.1, 0.15) is 11.6 Å². The van der Waals surface area contributed by atoms with Gasteiger partial charge in [-0.1, -0.05) is 26.1 Å². The van der Waals surface area contributed by atoms with Crippen molar-refractivity contribution in [1.29, 1.82) is 0 Å². The molecule has 2 aromatic carbocycles. The molecule has 3 nitrogen and oxygen atoms in total. The van der Waals surface area contributed by atoms with Gasteiger partial charge >= 0.3 is 0 Å². The number of benzene rings is 2. The Bertz CT molecular complexity index is 713. The number of anilines is 2. The van der Waals surface area contributed by atoms with E-state index in [0.717, 1.165) is 28.8 Å². The van der Waals surface area contributed by atoms with Crippen LogP contribution in [0.4, 0.5) is 15.8 Å². The summed E-state index contributed by atoms with van der Waals surface area (Å²) in [5.41, 5.74) is 3.72. The minimum atomic E-state index is -0.295. The lowest BCUT2D eigenvalue weighted by atomic mass is 10.0. The van der Waals surface area contributed by atoms with Crippen molar-refractivity contribution in [1.82, 2.24) is 0 Å². The third-order valence-corrected chi connectivity index (χ3v) is 3.66. The minimum absolute atomic E-state index is 0. The fourth-order valence-electron chi connectivity index (χ4n) is 2.46. The lowest BCUT2D eigenvalue weighted by molar-refractivity contribution is 0.253. The van der Waals surface area contributed by atoms with E-state index >= 15 is 0 Å². The Hall–Kier alpha value is -2.33. The SMILES string of the molecule is C.C=C(C)c1c(Nc2ccc(C)cc2F)cccc1OCCCCO. The number of allylic oxidation sites excluding steroid dienone is 1. The molecule has 0 bridgehead atoms. The number of unbranched alkanes of at least 4 members (excludes halogenated alkanes) is 1. The van der Waals surface area contributed by atoms with Crippen LogP contribution < -0.4 is 10.1 Å². The topological polar surface area (TPSA) is 41.5 Å². The van der Waals surface area contributed by atoms with E-state index in [4.69, 9.17) is 9.84 Å². The van der Waals surface area contributed by atoms with Gasteiger partial charge < -0.3 is 15.2 Å². The highest BCUT2D eigenvalue weighted by atomic mass is 19.1. The van der Waals surface area contributed by atoms with E-state index in [1.807, 2.05) is 38.1 Å². The van der Waals surface area contributed by atoms with E-state index in [9.17, 15) is 4.39 Å². The second-order valence-electron chi connectivity index (χ2n) is 5.85. The predicted molar refractivity (Wildman–Crippen MR) is 104 cm³/mol. The molecule has 136 valence electrons. The molecule has 0 amide bonds. The van der Waals surface area contributed by atoms with Crippen LogP contribution >= 0.6 is 0 Å². The quantitative estimate of drug-likeness (QED) is 0.603. The number of ether oxygens (including phenoxy) is 1. The summed E-state index contributed by atoms with van der Waals surface area (Å²) in [6, 6.07) is 10.7. The molecule has 0 unspecified atom stereocenters. The molecular weight excluding hydrogens is 317 g/mol. The van der Waals surface area contributed by atoms with E-state index in [1.54, 1.807) is 6.07 Å². The monoisotopic (exact) mass is 345 g/mol. The average molecular weight is 345 g/mol. The van der Waals surface area contributed by atoms with Gasteiger partial charge in [-0.2, -0.15) is 0 Å². The second kappa shape index (κ2) is 9.84. The maximum Gasteiger partial charge on any atom is 0.146 e. The van der Waals surface area contributed by atoms with Crippen LogP contribution in [-0.2, 0) is 0 Å². The molecule has 25 heavy (non-hydrogen) atoms. The average Bonchev–Trinajstić information content (AvgIpc) is 2.54. The Labute approximate surface area is 150 Å². The van der Waals surface area contributed by atoms with E-state index in [2.05, 4.69) is 11.9 Å². The van der Waals surface area contributed by atoms with Gasteiger partial charge in [0.15, 0.2) is 0 Å². The van der Waals surface area contributed by atoms with Crippen LogP contribution in [0.2, 0.25) is 0 Å². The van der Waals surface area contributed by atoms with Gasteiger partial charge in [-0.25, -0.2) is 4.39 Å². The number of nitrogens with one attached hydrogen (secondary N) is 1. The number of aliphatic hydroxyl groups excluding tert-OH is 1. The number of aliphatic hydroxyl groups is 1. The predicted octanol–water partition coefficient (Wildman–Crippen LogP) is 5.70. The molecule has 2 N–H and O–H groups in total. The number of rotatable bonds is 8. The van der Waals surface area contributed by atoms with Gasteiger partial charge in [0, 0.05) is 17.9 Å². The Morgan fingerprint density at radius 2 is 1.96 bits per heavy atom. The highest BCUT2D eigenvalue weighted by molar-refractivity contribution is 5.81. The Morgan fingerprint density at radius 1 is 1.20 bits per heavy atom. The highest BCUT2D eigenvalue weighted by Crippen LogP contribution is 2.34. The summed E-state index contributed by atoms with van der Waals surface area (Å²) in [4.78, 5) is 0. The van der Waals surface area contributed by atoms with Crippen LogP contribution in [0.3, 0.4) is 0 Å². The van der Waals surface area contributed by atoms with Crippen molar-refractivity contribution in [3.63, 3.8) is 0 Å². The molecule has 0 heterocycles. The molecule has 0 atom stereocenters. The summed E-state index contributed by atoms with van der Waals surface area (Å²) in [5, 5.41) is 12.0. The fraction of sp³-hybridized carbons (Fsp3) is 0.333. The van der Waals surface area contributed by atoms with Crippen molar-refractivity contribution in [3.8, 4) is 5.75 Å². The Morgan fingerprint density at radius 3 is 2.60 bits per heavy atom.